The summed E-state index contributed by atoms with van der Waals surface area (Å²) in [6, 6.07) is 7.86. The van der Waals surface area contributed by atoms with Crippen LogP contribution in [0.2, 0.25) is 0 Å². The molecular weight excluding hydrogens is 228 g/mol. The van der Waals surface area contributed by atoms with Crippen LogP contribution < -0.4 is 15.8 Å². The third kappa shape index (κ3) is 2.64. The fourth-order valence-corrected chi connectivity index (χ4v) is 2.08. The largest absolute Gasteiger partial charge is 0.496 e. The van der Waals surface area contributed by atoms with Crippen molar-refractivity contribution in [1.82, 2.24) is 5.32 Å². The Labute approximate surface area is 108 Å². The van der Waals surface area contributed by atoms with Gasteiger partial charge in [0.1, 0.15) is 5.75 Å². The smallest absolute Gasteiger partial charge is 0.227 e. The average Bonchev–Trinajstić information content (AvgIpc) is 3.20. The second-order valence-electron chi connectivity index (χ2n) is 4.80. The molecule has 0 heterocycles. The Bertz CT molecular complexity index is 428. The van der Waals surface area contributed by atoms with Gasteiger partial charge in [0.25, 0.3) is 0 Å². The van der Waals surface area contributed by atoms with E-state index in [4.69, 9.17) is 10.5 Å². The Hall–Kier alpha value is -1.55. The van der Waals surface area contributed by atoms with Gasteiger partial charge in [-0.15, -0.1) is 0 Å². The molecule has 1 aliphatic rings. The van der Waals surface area contributed by atoms with Crippen molar-refractivity contribution in [3.8, 4) is 5.75 Å². The van der Waals surface area contributed by atoms with Gasteiger partial charge in [0, 0.05) is 13.1 Å². The maximum atomic E-state index is 11.9. The Kier molecular flexibility index (Phi) is 3.87. The molecule has 1 aromatic rings. The van der Waals surface area contributed by atoms with Crippen LogP contribution in [-0.4, -0.2) is 26.1 Å². The number of carbonyl (C=O) groups is 1. The Morgan fingerprint density at radius 3 is 2.78 bits per heavy atom. The predicted molar refractivity (Wildman–Crippen MR) is 70.4 cm³/mol. The highest BCUT2D eigenvalue weighted by Gasteiger charge is 2.48. The van der Waals surface area contributed by atoms with Crippen molar-refractivity contribution >= 4 is 5.91 Å². The summed E-state index contributed by atoms with van der Waals surface area (Å²) in [6.07, 6.45) is 2.62. The lowest BCUT2D eigenvalue weighted by Gasteiger charge is -2.13. The third-order valence-corrected chi connectivity index (χ3v) is 3.60. The molecule has 0 radical (unpaired) electrons. The highest BCUT2D eigenvalue weighted by atomic mass is 16.5. The zero-order valence-electron chi connectivity index (χ0n) is 10.7. The summed E-state index contributed by atoms with van der Waals surface area (Å²) in [7, 11) is 1.66. The minimum absolute atomic E-state index is 0.0971. The maximum Gasteiger partial charge on any atom is 0.227 e. The summed E-state index contributed by atoms with van der Waals surface area (Å²) >= 11 is 0. The van der Waals surface area contributed by atoms with Crippen molar-refractivity contribution in [2.45, 2.75) is 19.3 Å². The molecule has 0 atom stereocenters. The van der Waals surface area contributed by atoms with Crippen LogP contribution in [0.4, 0.5) is 0 Å². The van der Waals surface area contributed by atoms with E-state index in [0.717, 1.165) is 30.6 Å². The molecule has 1 saturated carbocycles. The molecule has 4 nitrogen and oxygen atoms in total. The van der Waals surface area contributed by atoms with Crippen LogP contribution in [0, 0.1) is 5.41 Å². The monoisotopic (exact) mass is 248 g/mol. The van der Waals surface area contributed by atoms with E-state index in [1.54, 1.807) is 7.11 Å². The second-order valence-corrected chi connectivity index (χ2v) is 4.80. The van der Waals surface area contributed by atoms with Gasteiger partial charge in [-0.2, -0.15) is 0 Å². The Morgan fingerprint density at radius 1 is 1.44 bits per heavy atom. The molecule has 98 valence electrons. The molecule has 4 heteroatoms. The standard InChI is InChI=1S/C14H20N2O2/c1-18-12-5-3-2-4-11(12)6-9-16-13(17)14(10-15)7-8-14/h2-5H,6-10,15H2,1H3,(H,16,17). The molecule has 0 bridgehead atoms. The van der Waals surface area contributed by atoms with E-state index >= 15 is 0 Å². The summed E-state index contributed by atoms with van der Waals surface area (Å²) in [5.74, 6) is 0.964. The van der Waals surface area contributed by atoms with Crippen molar-refractivity contribution in [3.05, 3.63) is 29.8 Å². The first-order valence-corrected chi connectivity index (χ1v) is 6.32. The molecule has 2 rings (SSSR count). The van der Waals surface area contributed by atoms with Gasteiger partial charge < -0.3 is 15.8 Å². The number of rotatable bonds is 6. The van der Waals surface area contributed by atoms with E-state index in [0.29, 0.717) is 13.1 Å². The lowest BCUT2D eigenvalue weighted by Crippen LogP contribution is -2.37. The highest BCUT2D eigenvalue weighted by Crippen LogP contribution is 2.44. The first-order chi connectivity index (χ1) is 8.72. The van der Waals surface area contributed by atoms with E-state index in [1.807, 2.05) is 24.3 Å². The van der Waals surface area contributed by atoms with Gasteiger partial charge in [0.05, 0.1) is 12.5 Å². The normalized spacial score (nSPS) is 16.1. The van der Waals surface area contributed by atoms with Crippen LogP contribution in [0.15, 0.2) is 24.3 Å². The number of hydrogen-bond donors (Lipinski definition) is 2. The number of nitrogens with one attached hydrogen (secondary N) is 1. The molecule has 1 aromatic carbocycles. The van der Waals surface area contributed by atoms with Gasteiger partial charge in [0.2, 0.25) is 5.91 Å². The molecule has 3 N–H and O–H groups in total. The third-order valence-electron chi connectivity index (χ3n) is 3.60. The number of carbonyl (C=O) groups excluding carboxylic acids is 1. The van der Waals surface area contributed by atoms with Crippen LogP contribution in [0.3, 0.4) is 0 Å². The maximum absolute atomic E-state index is 11.9. The molecular formula is C14H20N2O2. The minimum atomic E-state index is -0.263. The highest BCUT2D eigenvalue weighted by molar-refractivity contribution is 5.85. The van der Waals surface area contributed by atoms with E-state index in [-0.39, 0.29) is 11.3 Å². The number of methoxy groups -OCH3 is 1. The lowest BCUT2D eigenvalue weighted by molar-refractivity contribution is -0.125. The molecule has 0 aromatic heterocycles. The Balaban J connectivity index is 1.83. The summed E-state index contributed by atoms with van der Waals surface area (Å²) in [5, 5.41) is 2.96. The molecule has 1 aliphatic carbocycles. The van der Waals surface area contributed by atoms with Crippen molar-refractivity contribution < 1.29 is 9.53 Å². The van der Waals surface area contributed by atoms with Gasteiger partial charge in [-0.1, -0.05) is 18.2 Å². The number of hydrogen-bond acceptors (Lipinski definition) is 3. The quantitative estimate of drug-likeness (QED) is 0.792. The molecule has 0 spiro atoms. The SMILES string of the molecule is COc1ccccc1CCNC(=O)C1(CN)CC1. The molecule has 1 amide bonds. The Morgan fingerprint density at radius 2 is 2.17 bits per heavy atom. The van der Waals surface area contributed by atoms with Crippen LogP contribution >= 0.6 is 0 Å². The van der Waals surface area contributed by atoms with Crippen LogP contribution in [-0.2, 0) is 11.2 Å². The van der Waals surface area contributed by atoms with Crippen molar-refractivity contribution in [2.24, 2.45) is 11.1 Å². The van der Waals surface area contributed by atoms with Gasteiger partial charge >= 0.3 is 0 Å². The zero-order chi connectivity index (χ0) is 13.0. The van der Waals surface area contributed by atoms with Crippen molar-refractivity contribution in [3.63, 3.8) is 0 Å². The summed E-state index contributed by atoms with van der Waals surface area (Å²) in [4.78, 5) is 11.9. The molecule has 0 aliphatic heterocycles. The van der Waals surface area contributed by atoms with E-state index < -0.39 is 0 Å². The number of amides is 1. The first kappa shape index (κ1) is 12.9. The number of para-hydroxylation sites is 1. The van der Waals surface area contributed by atoms with E-state index in [9.17, 15) is 4.79 Å². The van der Waals surface area contributed by atoms with Gasteiger partial charge in [-0.25, -0.2) is 0 Å². The minimum Gasteiger partial charge on any atom is -0.496 e. The van der Waals surface area contributed by atoms with Crippen LogP contribution in [0.5, 0.6) is 5.75 Å². The fourth-order valence-electron chi connectivity index (χ4n) is 2.08. The molecule has 0 saturated heterocycles. The van der Waals surface area contributed by atoms with Gasteiger partial charge in [-0.3, -0.25) is 4.79 Å². The molecule has 18 heavy (non-hydrogen) atoms. The summed E-state index contributed by atoms with van der Waals surface area (Å²) in [6.45, 7) is 1.08. The first-order valence-electron chi connectivity index (χ1n) is 6.32. The molecule has 1 fully saturated rings. The predicted octanol–water partition coefficient (Wildman–Crippen LogP) is 1.09. The van der Waals surface area contributed by atoms with Crippen LogP contribution in [0.1, 0.15) is 18.4 Å². The fraction of sp³-hybridized carbons (Fsp3) is 0.500. The second kappa shape index (κ2) is 5.40. The zero-order valence-corrected chi connectivity index (χ0v) is 10.7. The molecule has 0 unspecified atom stereocenters. The topological polar surface area (TPSA) is 64.3 Å². The van der Waals surface area contributed by atoms with Gasteiger partial charge in [0.15, 0.2) is 0 Å². The average molecular weight is 248 g/mol. The summed E-state index contributed by atoms with van der Waals surface area (Å²) < 4.78 is 5.27. The van der Waals surface area contributed by atoms with Gasteiger partial charge in [-0.05, 0) is 30.9 Å². The summed E-state index contributed by atoms with van der Waals surface area (Å²) in [5.41, 5.74) is 6.46. The number of benzene rings is 1. The van der Waals surface area contributed by atoms with Crippen LogP contribution in [0.25, 0.3) is 0 Å². The van der Waals surface area contributed by atoms with E-state index in [1.165, 1.54) is 0 Å². The van der Waals surface area contributed by atoms with E-state index in [2.05, 4.69) is 5.32 Å². The number of ether oxygens (including phenoxy) is 1. The van der Waals surface area contributed by atoms with Crippen molar-refractivity contribution in [1.29, 1.82) is 0 Å². The lowest BCUT2D eigenvalue weighted by atomic mass is 10.1. The van der Waals surface area contributed by atoms with Crippen molar-refractivity contribution in [2.75, 3.05) is 20.2 Å². The number of nitrogens with two attached hydrogens (primary N) is 1.